The first-order valence-electron chi connectivity index (χ1n) is 10.8. The molecule has 1 saturated heterocycles. The van der Waals surface area contributed by atoms with Crippen LogP contribution in [0.15, 0.2) is 29.1 Å². The van der Waals surface area contributed by atoms with E-state index in [1.54, 1.807) is 18.9 Å². The Labute approximate surface area is 177 Å². The van der Waals surface area contributed by atoms with Crippen LogP contribution >= 0.6 is 0 Å². The lowest BCUT2D eigenvalue weighted by Crippen LogP contribution is -2.38. The number of rotatable bonds is 6. The molecule has 2 aromatic rings. The van der Waals surface area contributed by atoms with Crippen LogP contribution in [0.4, 0.5) is 4.79 Å². The van der Waals surface area contributed by atoms with Gasteiger partial charge in [0.05, 0.1) is 17.6 Å². The van der Waals surface area contributed by atoms with Gasteiger partial charge in [-0.1, -0.05) is 26.0 Å². The Morgan fingerprint density at radius 1 is 1.00 bits per heavy atom. The molecule has 30 heavy (non-hydrogen) atoms. The molecule has 0 spiro atoms. The number of hydrogen-bond acceptors (Lipinski definition) is 4. The molecule has 3 rings (SSSR count). The number of aromatic nitrogens is 2. The highest BCUT2D eigenvalue weighted by Gasteiger charge is 2.23. The number of nitrogens with zero attached hydrogens (tertiary/aromatic N) is 4. The van der Waals surface area contributed by atoms with Gasteiger partial charge in [-0.3, -0.25) is 13.9 Å². The predicted octanol–water partition coefficient (Wildman–Crippen LogP) is 2.54. The molecule has 0 unspecified atom stereocenters. The fourth-order valence-electron chi connectivity index (χ4n) is 3.84. The van der Waals surface area contributed by atoms with Gasteiger partial charge in [-0.25, -0.2) is 9.59 Å². The van der Waals surface area contributed by atoms with Crippen LogP contribution in [0.5, 0.6) is 0 Å². The first-order chi connectivity index (χ1) is 14.4. The van der Waals surface area contributed by atoms with E-state index in [2.05, 4.69) is 0 Å². The van der Waals surface area contributed by atoms with Crippen molar-refractivity contribution in [3.63, 3.8) is 0 Å². The second kappa shape index (κ2) is 9.82. The summed E-state index contributed by atoms with van der Waals surface area (Å²) < 4.78 is 8.72. The summed E-state index contributed by atoms with van der Waals surface area (Å²) in [6.45, 7) is 9.44. The molecule has 1 aliphatic heterocycles. The summed E-state index contributed by atoms with van der Waals surface area (Å²) in [5.74, 6) is 0.300. The van der Waals surface area contributed by atoms with Crippen molar-refractivity contribution in [3.05, 3.63) is 34.7 Å². The number of ether oxygens (including phenoxy) is 1. The van der Waals surface area contributed by atoms with Crippen LogP contribution in [0.25, 0.3) is 11.0 Å². The molecule has 8 heteroatoms. The van der Waals surface area contributed by atoms with Crippen LogP contribution in [-0.2, 0) is 22.6 Å². The molecule has 164 valence electrons. The molecule has 8 nitrogen and oxygen atoms in total. The van der Waals surface area contributed by atoms with E-state index in [-0.39, 0.29) is 24.1 Å². The Hall–Kier alpha value is -2.77. The number of carbonyl (C=O) groups is 2. The zero-order chi connectivity index (χ0) is 21.7. The van der Waals surface area contributed by atoms with E-state index in [9.17, 15) is 14.4 Å². The van der Waals surface area contributed by atoms with E-state index in [0.29, 0.717) is 51.8 Å². The van der Waals surface area contributed by atoms with Crippen LogP contribution < -0.4 is 5.69 Å². The van der Waals surface area contributed by atoms with Gasteiger partial charge in [-0.15, -0.1) is 0 Å². The van der Waals surface area contributed by atoms with Crippen molar-refractivity contribution in [3.8, 4) is 0 Å². The predicted molar refractivity (Wildman–Crippen MR) is 115 cm³/mol. The van der Waals surface area contributed by atoms with Gasteiger partial charge in [0.2, 0.25) is 5.91 Å². The molecule has 2 amide bonds. The first kappa shape index (κ1) is 21.9. The number of fused-ring (bicyclic) bond motifs is 1. The smallest absolute Gasteiger partial charge is 0.409 e. The molecule has 1 aromatic heterocycles. The maximum absolute atomic E-state index is 12.8. The topological polar surface area (TPSA) is 76.8 Å². The Morgan fingerprint density at radius 3 is 2.30 bits per heavy atom. The minimum atomic E-state index is -0.308. The summed E-state index contributed by atoms with van der Waals surface area (Å²) in [5, 5.41) is 0. The first-order valence-corrected chi connectivity index (χ1v) is 10.8. The van der Waals surface area contributed by atoms with E-state index in [4.69, 9.17) is 4.74 Å². The number of imidazole rings is 1. The third-order valence-electron chi connectivity index (χ3n) is 5.44. The van der Waals surface area contributed by atoms with Crippen molar-refractivity contribution < 1.29 is 14.3 Å². The Bertz CT molecular complexity index is 946. The second-order valence-electron chi connectivity index (χ2n) is 8.11. The quantitative estimate of drug-likeness (QED) is 0.725. The van der Waals surface area contributed by atoms with Crippen molar-refractivity contribution in [1.82, 2.24) is 18.9 Å². The van der Waals surface area contributed by atoms with Gasteiger partial charge in [0.25, 0.3) is 0 Å². The van der Waals surface area contributed by atoms with Crippen LogP contribution in [0.2, 0.25) is 0 Å². The van der Waals surface area contributed by atoms with Gasteiger partial charge in [0.15, 0.2) is 0 Å². The molecule has 1 aliphatic rings. The summed E-state index contributed by atoms with van der Waals surface area (Å²) in [6, 6.07) is 7.67. The molecule has 1 fully saturated rings. The van der Waals surface area contributed by atoms with Crippen molar-refractivity contribution >= 4 is 23.0 Å². The maximum atomic E-state index is 12.8. The molecule has 2 heterocycles. The minimum absolute atomic E-state index is 0.00706. The van der Waals surface area contributed by atoms with Gasteiger partial charge < -0.3 is 14.5 Å². The number of carbonyl (C=O) groups excluding carboxylic acids is 2. The van der Waals surface area contributed by atoms with Crippen molar-refractivity contribution in [1.29, 1.82) is 0 Å². The van der Waals surface area contributed by atoms with Gasteiger partial charge in [-0.05, 0) is 31.4 Å². The number of hydrogen-bond donors (Lipinski definition) is 0. The Morgan fingerprint density at radius 2 is 1.63 bits per heavy atom. The monoisotopic (exact) mass is 416 g/mol. The lowest BCUT2D eigenvalue weighted by molar-refractivity contribution is -0.131. The molecule has 0 bridgehead atoms. The second-order valence-corrected chi connectivity index (χ2v) is 8.11. The van der Waals surface area contributed by atoms with Gasteiger partial charge >= 0.3 is 11.8 Å². The van der Waals surface area contributed by atoms with Crippen LogP contribution in [0.3, 0.4) is 0 Å². The van der Waals surface area contributed by atoms with Crippen molar-refractivity contribution in [2.45, 2.75) is 46.7 Å². The number of para-hydroxylation sites is 2. The normalized spacial score (nSPS) is 14.9. The Balaban J connectivity index is 1.60. The zero-order valence-electron chi connectivity index (χ0n) is 18.2. The molecule has 1 aromatic carbocycles. The molecule has 0 atom stereocenters. The van der Waals surface area contributed by atoms with Crippen LogP contribution in [-0.4, -0.2) is 63.7 Å². The third-order valence-corrected chi connectivity index (χ3v) is 5.44. The van der Waals surface area contributed by atoms with Gasteiger partial charge in [-0.2, -0.15) is 0 Å². The molecule has 0 radical (unpaired) electrons. The van der Waals surface area contributed by atoms with Crippen molar-refractivity contribution in [2.24, 2.45) is 5.92 Å². The highest BCUT2D eigenvalue weighted by molar-refractivity contribution is 5.78. The van der Waals surface area contributed by atoms with Crippen LogP contribution in [0.1, 0.15) is 33.6 Å². The molecule has 0 saturated carbocycles. The lowest BCUT2D eigenvalue weighted by Gasteiger charge is -2.22. The Kier molecular flexibility index (Phi) is 7.18. The van der Waals surface area contributed by atoms with E-state index >= 15 is 0 Å². The standard InChI is InChI=1S/C22H32N4O4/c1-4-25-18-8-5-6-9-19(18)26(21(25)28)13-10-20(27)23-11-7-12-24(15-14-23)22(29)30-16-17(2)3/h5-6,8-9,17H,4,7,10-16H2,1-3H3. The fourth-order valence-corrected chi connectivity index (χ4v) is 3.84. The third kappa shape index (κ3) is 4.86. The largest absolute Gasteiger partial charge is 0.449 e. The van der Waals surface area contributed by atoms with Gasteiger partial charge in [0, 0.05) is 45.7 Å². The average molecular weight is 417 g/mol. The summed E-state index contributed by atoms with van der Waals surface area (Å²) in [4.78, 5) is 41.2. The molecule has 0 N–H and O–H groups in total. The van der Waals surface area contributed by atoms with E-state index in [1.165, 1.54) is 0 Å². The lowest BCUT2D eigenvalue weighted by atomic mass is 10.2. The summed E-state index contributed by atoms with van der Waals surface area (Å²) >= 11 is 0. The zero-order valence-corrected chi connectivity index (χ0v) is 18.2. The molecular formula is C22H32N4O4. The molecule has 0 aliphatic carbocycles. The number of aryl methyl sites for hydroxylation is 2. The van der Waals surface area contributed by atoms with Crippen LogP contribution in [0, 0.1) is 5.92 Å². The minimum Gasteiger partial charge on any atom is -0.449 e. The van der Waals surface area contributed by atoms with E-state index < -0.39 is 0 Å². The molecular weight excluding hydrogens is 384 g/mol. The van der Waals surface area contributed by atoms with E-state index in [0.717, 1.165) is 17.5 Å². The maximum Gasteiger partial charge on any atom is 0.409 e. The fraction of sp³-hybridized carbons (Fsp3) is 0.591. The average Bonchev–Trinajstić information content (AvgIpc) is 2.88. The van der Waals surface area contributed by atoms with Gasteiger partial charge in [0.1, 0.15) is 0 Å². The number of benzene rings is 1. The summed E-state index contributed by atoms with van der Waals surface area (Å²) in [7, 11) is 0. The SMILES string of the molecule is CCn1c(=O)n(CCC(=O)N2CCCN(C(=O)OCC(C)C)CC2)c2ccccc21. The summed E-state index contributed by atoms with van der Waals surface area (Å²) in [6.07, 6.45) is 0.671. The highest BCUT2D eigenvalue weighted by Crippen LogP contribution is 2.14. The highest BCUT2D eigenvalue weighted by atomic mass is 16.6. The summed E-state index contributed by atoms with van der Waals surface area (Å²) in [5.41, 5.74) is 1.66. The van der Waals surface area contributed by atoms with Crippen molar-refractivity contribution in [2.75, 3.05) is 32.8 Å². The number of amides is 2. The van der Waals surface area contributed by atoms with E-state index in [1.807, 2.05) is 45.0 Å².